The van der Waals surface area contributed by atoms with E-state index in [9.17, 15) is 4.39 Å². The molecule has 4 nitrogen and oxygen atoms in total. The zero-order chi connectivity index (χ0) is 14.3. The highest BCUT2D eigenvalue weighted by Gasteiger charge is 2.17. The molecule has 2 aromatic heterocycles. The first-order chi connectivity index (χ1) is 9.58. The molecule has 2 N–H and O–H groups in total. The van der Waals surface area contributed by atoms with Gasteiger partial charge in [0.2, 0.25) is 5.95 Å². The molecule has 0 spiro atoms. The van der Waals surface area contributed by atoms with Crippen LogP contribution in [0.1, 0.15) is 18.5 Å². The van der Waals surface area contributed by atoms with Gasteiger partial charge in [-0.05, 0) is 30.7 Å². The molecule has 3 aromatic rings. The molecule has 0 saturated heterocycles. The molecule has 1 unspecified atom stereocenters. The van der Waals surface area contributed by atoms with Crippen molar-refractivity contribution in [2.45, 2.75) is 13.0 Å². The number of benzene rings is 1. The first-order valence-electron chi connectivity index (χ1n) is 6.10. The summed E-state index contributed by atoms with van der Waals surface area (Å²) < 4.78 is 15.3. The molecule has 0 aliphatic heterocycles. The standard InChI is InChI=1S/C14H12ClFN4/c1-8(9-2-4-18-5-3-9)20-13-6-10(15)11(16)7-12(13)19-14(20)17/h2-8H,1H3,(H2,17,19). The van der Waals surface area contributed by atoms with E-state index in [4.69, 9.17) is 17.3 Å². The third-order valence-electron chi connectivity index (χ3n) is 3.33. The van der Waals surface area contributed by atoms with Gasteiger partial charge in [0.05, 0.1) is 22.1 Å². The third-order valence-corrected chi connectivity index (χ3v) is 3.62. The van der Waals surface area contributed by atoms with Crippen LogP contribution in [0.25, 0.3) is 11.0 Å². The largest absolute Gasteiger partial charge is 0.369 e. The van der Waals surface area contributed by atoms with Gasteiger partial charge in [0.25, 0.3) is 0 Å². The number of anilines is 1. The molecule has 20 heavy (non-hydrogen) atoms. The molecule has 0 aliphatic carbocycles. The van der Waals surface area contributed by atoms with Crippen LogP contribution in [0, 0.1) is 5.82 Å². The Morgan fingerprint density at radius 2 is 2.00 bits per heavy atom. The van der Waals surface area contributed by atoms with E-state index in [2.05, 4.69) is 9.97 Å². The van der Waals surface area contributed by atoms with Crippen LogP contribution in [0.15, 0.2) is 36.7 Å². The summed E-state index contributed by atoms with van der Waals surface area (Å²) in [6.45, 7) is 1.99. The average Bonchev–Trinajstić information content (AvgIpc) is 2.75. The van der Waals surface area contributed by atoms with Crippen molar-refractivity contribution in [1.82, 2.24) is 14.5 Å². The lowest BCUT2D eigenvalue weighted by molar-refractivity contribution is 0.629. The fourth-order valence-corrected chi connectivity index (χ4v) is 2.46. The molecule has 0 amide bonds. The predicted octanol–water partition coefficient (Wildman–Crippen LogP) is 3.42. The van der Waals surface area contributed by atoms with Gasteiger partial charge in [0, 0.05) is 18.5 Å². The van der Waals surface area contributed by atoms with Crippen LogP contribution in [-0.2, 0) is 0 Å². The molecule has 6 heteroatoms. The van der Waals surface area contributed by atoms with Crippen LogP contribution in [0.5, 0.6) is 0 Å². The Morgan fingerprint density at radius 1 is 1.30 bits per heavy atom. The van der Waals surface area contributed by atoms with E-state index in [0.29, 0.717) is 17.0 Å². The lowest BCUT2D eigenvalue weighted by Gasteiger charge is -2.16. The maximum atomic E-state index is 13.5. The van der Waals surface area contributed by atoms with Crippen molar-refractivity contribution in [3.63, 3.8) is 0 Å². The van der Waals surface area contributed by atoms with Gasteiger partial charge in [0.1, 0.15) is 5.82 Å². The lowest BCUT2D eigenvalue weighted by Crippen LogP contribution is -2.10. The summed E-state index contributed by atoms with van der Waals surface area (Å²) in [5.74, 6) is -0.175. The second-order valence-corrected chi connectivity index (χ2v) is 4.96. The van der Waals surface area contributed by atoms with Gasteiger partial charge < -0.3 is 10.3 Å². The van der Waals surface area contributed by atoms with Crippen molar-refractivity contribution in [2.24, 2.45) is 0 Å². The number of hydrogen-bond acceptors (Lipinski definition) is 3. The van der Waals surface area contributed by atoms with Crippen LogP contribution in [0.2, 0.25) is 5.02 Å². The molecule has 0 saturated carbocycles. The Hall–Kier alpha value is -2.14. The number of aromatic nitrogens is 3. The molecule has 0 aliphatic rings. The molecule has 2 heterocycles. The molecular formula is C14H12ClFN4. The molecule has 3 rings (SSSR count). The maximum absolute atomic E-state index is 13.5. The Balaban J connectivity index is 2.21. The zero-order valence-electron chi connectivity index (χ0n) is 10.7. The Bertz CT molecular complexity index is 770. The molecule has 1 aromatic carbocycles. The molecule has 0 radical (unpaired) electrons. The van der Waals surface area contributed by atoms with Crippen molar-refractivity contribution < 1.29 is 4.39 Å². The maximum Gasteiger partial charge on any atom is 0.201 e. The fourth-order valence-electron chi connectivity index (χ4n) is 2.31. The summed E-state index contributed by atoms with van der Waals surface area (Å²) >= 11 is 5.85. The summed E-state index contributed by atoms with van der Waals surface area (Å²) in [5.41, 5.74) is 8.19. The summed E-state index contributed by atoms with van der Waals surface area (Å²) in [4.78, 5) is 8.18. The highest BCUT2D eigenvalue weighted by atomic mass is 35.5. The molecular weight excluding hydrogens is 279 g/mol. The smallest absolute Gasteiger partial charge is 0.201 e. The molecule has 102 valence electrons. The Kier molecular flexibility index (Phi) is 3.06. The fraction of sp³-hybridized carbons (Fsp3) is 0.143. The topological polar surface area (TPSA) is 56.7 Å². The summed E-state index contributed by atoms with van der Waals surface area (Å²) in [6.07, 6.45) is 3.43. The SMILES string of the molecule is CC(c1ccncc1)n1c(N)nc2cc(F)c(Cl)cc21. The molecule has 1 atom stereocenters. The number of nitrogens with two attached hydrogens (primary N) is 1. The predicted molar refractivity (Wildman–Crippen MR) is 77.2 cm³/mol. The number of nitrogen functional groups attached to an aromatic ring is 1. The third kappa shape index (κ3) is 2.00. The van der Waals surface area contributed by atoms with Gasteiger partial charge in [-0.3, -0.25) is 4.98 Å². The van der Waals surface area contributed by atoms with Crippen molar-refractivity contribution >= 4 is 28.6 Å². The summed E-state index contributed by atoms with van der Waals surface area (Å²) in [7, 11) is 0. The number of rotatable bonds is 2. The number of halogens is 2. The van der Waals surface area contributed by atoms with Crippen molar-refractivity contribution in [3.05, 3.63) is 53.1 Å². The van der Waals surface area contributed by atoms with Gasteiger partial charge in [-0.25, -0.2) is 9.37 Å². The monoisotopic (exact) mass is 290 g/mol. The number of fused-ring (bicyclic) bond motifs is 1. The van der Waals surface area contributed by atoms with Gasteiger partial charge in [-0.15, -0.1) is 0 Å². The normalized spacial score (nSPS) is 12.8. The minimum atomic E-state index is -0.500. The minimum Gasteiger partial charge on any atom is -0.369 e. The highest BCUT2D eigenvalue weighted by Crippen LogP contribution is 2.30. The van der Waals surface area contributed by atoms with E-state index in [1.807, 2.05) is 23.6 Å². The van der Waals surface area contributed by atoms with Gasteiger partial charge in [-0.2, -0.15) is 0 Å². The average molecular weight is 291 g/mol. The number of pyridine rings is 1. The lowest BCUT2D eigenvalue weighted by atomic mass is 10.1. The van der Waals surface area contributed by atoms with Crippen LogP contribution < -0.4 is 5.73 Å². The number of nitrogens with zero attached hydrogens (tertiary/aromatic N) is 3. The number of imidazole rings is 1. The van der Waals surface area contributed by atoms with Crippen LogP contribution in [0.3, 0.4) is 0 Å². The van der Waals surface area contributed by atoms with Crippen LogP contribution in [-0.4, -0.2) is 14.5 Å². The van der Waals surface area contributed by atoms with Gasteiger partial charge in [-0.1, -0.05) is 11.6 Å². The summed E-state index contributed by atoms with van der Waals surface area (Å²) in [6, 6.07) is 6.60. The Labute approximate surface area is 120 Å². The Morgan fingerprint density at radius 3 is 2.70 bits per heavy atom. The van der Waals surface area contributed by atoms with Crippen molar-refractivity contribution in [3.8, 4) is 0 Å². The van der Waals surface area contributed by atoms with Crippen LogP contribution >= 0.6 is 11.6 Å². The second-order valence-electron chi connectivity index (χ2n) is 4.55. The van der Waals surface area contributed by atoms with E-state index in [0.717, 1.165) is 5.56 Å². The highest BCUT2D eigenvalue weighted by molar-refractivity contribution is 6.31. The first kappa shape index (κ1) is 12.9. The van der Waals surface area contributed by atoms with Crippen molar-refractivity contribution in [1.29, 1.82) is 0 Å². The minimum absolute atomic E-state index is 0.0514. The van der Waals surface area contributed by atoms with Crippen LogP contribution in [0.4, 0.5) is 10.3 Å². The molecule has 0 bridgehead atoms. The quantitative estimate of drug-likeness (QED) is 0.787. The second kappa shape index (κ2) is 4.76. The van der Waals surface area contributed by atoms with E-state index < -0.39 is 5.82 Å². The van der Waals surface area contributed by atoms with E-state index in [1.165, 1.54) is 6.07 Å². The van der Waals surface area contributed by atoms with E-state index in [1.54, 1.807) is 18.5 Å². The summed E-state index contributed by atoms with van der Waals surface area (Å²) in [5, 5.41) is 0.0561. The molecule has 0 fully saturated rings. The van der Waals surface area contributed by atoms with E-state index in [-0.39, 0.29) is 11.1 Å². The van der Waals surface area contributed by atoms with Gasteiger partial charge >= 0.3 is 0 Å². The van der Waals surface area contributed by atoms with Gasteiger partial charge in [0.15, 0.2) is 0 Å². The number of hydrogen-bond donors (Lipinski definition) is 1. The van der Waals surface area contributed by atoms with E-state index >= 15 is 0 Å². The van der Waals surface area contributed by atoms with Crippen molar-refractivity contribution in [2.75, 3.05) is 5.73 Å². The first-order valence-corrected chi connectivity index (χ1v) is 6.48. The zero-order valence-corrected chi connectivity index (χ0v) is 11.5.